The fraction of sp³-hybridized carbons (Fsp3) is 0.409. The lowest BCUT2D eigenvalue weighted by Gasteiger charge is -2.27. The van der Waals surface area contributed by atoms with Crippen LogP contribution in [0, 0.1) is 6.92 Å². The molecule has 1 aromatic carbocycles. The van der Waals surface area contributed by atoms with E-state index in [1.54, 1.807) is 39.9 Å². The van der Waals surface area contributed by atoms with Crippen LogP contribution in [0.5, 0.6) is 0 Å². The Kier molecular flexibility index (Phi) is 7.65. The zero-order chi connectivity index (χ0) is 21.5. The molecule has 7 nitrogen and oxygen atoms in total. The number of benzene rings is 1. The fourth-order valence-electron chi connectivity index (χ4n) is 3.23. The number of carbonyl (C=O) groups is 2. The Morgan fingerprint density at radius 2 is 2.07 bits per heavy atom. The zero-order valence-corrected chi connectivity index (χ0v) is 18.1. The third kappa shape index (κ3) is 5.49. The van der Waals surface area contributed by atoms with E-state index < -0.39 is 0 Å². The van der Waals surface area contributed by atoms with Crippen LogP contribution in [0.25, 0.3) is 6.08 Å². The molecule has 0 unspecified atom stereocenters. The predicted octanol–water partition coefficient (Wildman–Crippen LogP) is 3.77. The smallest absolute Gasteiger partial charge is 0.254 e. The first-order chi connectivity index (χ1) is 14.5. The molecule has 0 bridgehead atoms. The van der Waals surface area contributed by atoms with E-state index in [-0.39, 0.29) is 11.8 Å². The molecule has 1 fully saturated rings. The summed E-state index contributed by atoms with van der Waals surface area (Å²) in [5.41, 5.74) is 2.61. The van der Waals surface area contributed by atoms with Crippen LogP contribution in [0.2, 0.25) is 5.15 Å². The Hall–Kier alpha value is -2.64. The van der Waals surface area contributed by atoms with Gasteiger partial charge < -0.3 is 15.0 Å². The molecular weight excluding hydrogens is 404 g/mol. The van der Waals surface area contributed by atoms with Crippen LogP contribution >= 0.6 is 11.6 Å². The second-order valence-corrected chi connectivity index (χ2v) is 7.53. The van der Waals surface area contributed by atoms with Crippen molar-refractivity contribution in [3.8, 4) is 0 Å². The Balaban J connectivity index is 1.65. The molecule has 8 heteroatoms. The molecule has 30 heavy (non-hydrogen) atoms. The van der Waals surface area contributed by atoms with Crippen molar-refractivity contribution in [2.75, 3.05) is 31.6 Å². The van der Waals surface area contributed by atoms with Crippen molar-refractivity contribution >= 4 is 35.2 Å². The second-order valence-electron chi connectivity index (χ2n) is 7.17. The minimum atomic E-state index is -0.303. The van der Waals surface area contributed by atoms with Crippen LogP contribution in [0.3, 0.4) is 0 Å². The Morgan fingerprint density at radius 1 is 1.30 bits per heavy atom. The van der Waals surface area contributed by atoms with Gasteiger partial charge in [-0.1, -0.05) is 31.0 Å². The number of carbonyl (C=O) groups excluding carboxylic acids is 2. The average Bonchev–Trinajstić information content (AvgIpc) is 3.03. The SMILES string of the molecule is CCCCn1nc(C)c(/C=C/C(=O)Nc2cccc(C(=O)N3CCOCC3)c2)c1Cl. The molecule has 0 radical (unpaired) electrons. The largest absolute Gasteiger partial charge is 0.378 e. The average molecular weight is 431 g/mol. The third-order valence-corrected chi connectivity index (χ3v) is 5.31. The van der Waals surface area contributed by atoms with Crippen molar-refractivity contribution in [1.29, 1.82) is 0 Å². The number of hydrogen-bond donors (Lipinski definition) is 1. The van der Waals surface area contributed by atoms with Crippen molar-refractivity contribution in [3.63, 3.8) is 0 Å². The summed E-state index contributed by atoms with van der Waals surface area (Å²) in [6.07, 6.45) is 5.14. The first kappa shape index (κ1) is 22.1. The summed E-state index contributed by atoms with van der Waals surface area (Å²) >= 11 is 6.40. The number of anilines is 1. The van der Waals surface area contributed by atoms with Gasteiger partial charge in [-0.05, 0) is 37.6 Å². The van der Waals surface area contributed by atoms with Gasteiger partial charge in [-0.15, -0.1) is 0 Å². The molecule has 1 aliphatic rings. The molecule has 0 atom stereocenters. The highest BCUT2D eigenvalue weighted by atomic mass is 35.5. The number of ether oxygens (including phenoxy) is 1. The van der Waals surface area contributed by atoms with E-state index >= 15 is 0 Å². The number of unbranched alkanes of at least 4 members (excludes halogenated alkanes) is 1. The van der Waals surface area contributed by atoms with Crippen LogP contribution < -0.4 is 5.32 Å². The Labute approximate surface area is 181 Å². The molecule has 1 saturated heterocycles. The highest BCUT2D eigenvalue weighted by Crippen LogP contribution is 2.22. The first-order valence-corrected chi connectivity index (χ1v) is 10.6. The predicted molar refractivity (Wildman–Crippen MR) is 118 cm³/mol. The number of nitrogens with one attached hydrogen (secondary N) is 1. The number of rotatable bonds is 7. The lowest BCUT2D eigenvalue weighted by molar-refractivity contribution is -0.111. The second kappa shape index (κ2) is 10.4. The summed E-state index contributed by atoms with van der Waals surface area (Å²) in [5, 5.41) is 7.77. The maximum Gasteiger partial charge on any atom is 0.254 e. The summed E-state index contributed by atoms with van der Waals surface area (Å²) in [7, 11) is 0. The number of aromatic nitrogens is 2. The summed E-state index contributed by atoms with van der Waals surface area (Å²) in [4.78, 5) is 26.8. The summed E-state index contributed by atoms with van der Waals surface area (Å²) < 4.78 is 7.05. The summed E-state index contributed by atoms with van der Waals surface area (Å²) in [6.45, 7) is 6.97. The van der Waals surface area contributed by atoms with Gasteiger partial charge in [0.1, 0.15) is 5.15 Å². The van der Waals surface area contributed by atoms with Crippen molar-refractivity contribution in [2.24, 2.45) is 0 Å². The van der Waals surface area contributed by atoms with E-state index in [9.17, 15) is 9.59 Å². The number of nitrogens with zero attached hydrogens (tertiary/aromatic N) is 3. The van der Waals surface area contributed by atoms with Gasteiger partial charge in [-0.25, -0.2) is 0 Å². The fourth-order valence-corrected chi connectivity index (χ4v) is 3.56. The van der Waals surface area contributed by atoms with Crippen LogP contribution in [0.4, 0.5) is 5.69 Å². The molecule has 2 heterocycles. The van der Waals surface area contributed by atoms with Gasteiger partial charge in [0.25, 0.3) is 5.91 Å². The number of halogens is 1. The molecule has 0 spiro atoms. The standard InChI is InChI=1S/C22H27ClN4O3/c1-3-4-10-27-21(23)19(16(2)25-27)8-9-20(28)24-18-7-5-6-17(15-18)22(29)26-11-13-30-14-12-26/h5-9,15H,3-4,10-14H2,1-2H3,(H,24,28)/b9-8+. The normalized spacial score (nSPS) is 14.3. The van der Waals surface area contributed by atoms with Crippen molar-refractivity contribution in [1.82, 2.24) is 14.7 Å². The topological polar surface area (TPSA) is 76.5 Å². The maximum atomic E-state index is 12.6. The van der Waals surface area contributed by atoms with E-state index in [0.29, 0.717) is 42.7 Å². The molecule has 2 aromatic rings. The summed E-state index contributed by atoms with van der Waals surface area (Å²) in [5.74, 6) is -0.366. The molecule has 0 saturated carbocycles. The van der Waals surface area contributed by atoms with E-state index in [0.717, 1.165) is 30.6 Å². The van der Waals surface area contributed by atoms with E-state index in [4.69, 9.17) is 16.3 Å². The number of hydrogen-bond acceptors (Lipinski definition) is 4. The van der Waals surface area contributed by atoms with Gasteiger partial charge in [-0.3, -0.25) is 14.3 Å². The van der Waals surface area contributed by atoms with E-state index in [2.05, 4.69) is 17.3 Å². The molecule has 3 rings (SSSR count). The quantitative estimate of drug-likeness (QED) is 0.678. The van der Waals surface area contributed by atoms with Crippen LogP contribution in [-0.4, -0.2) is 52.8 Å². The van der Waals surface area contributed by atoms with Gasteiger partial charge in [0.15, 0.2) is 0 Å². The van der Waals surface area contributed by atoms with Gasteiger partial charge in [0.05, 0.1) is 18.9 Å². The molecule has 0 aliphatic carbocycles. The molecular formula is C22H27ClN4O3. The minimum absolute atomic E-state index is 0.0631. The number of morpholine rings is 1. The Morgan fingerprint density at radius 3 is 2.80 bits per heavy atom. The first-order valence-electron chi connectivity index (χ1n) is 10.2. The minimum Gasteiger partial charge on any atom is -0.378 e. The van der Waals surface area contributed by atoms with E-state index in [1.165, 1.54) is 6.08 Å². The van der Waals surface area contributed by atoms with Gasteiger partial charge in [-0.2, -0.15) is 5.10 Å². The molecule has 160 valence electrons. The summed E-state index contributed by atoms with van der Waals surface area (Å²) in [6, 6.07) is 6.94. The van der Waals surface area contributed by atoms with Crippen molar-refractivity contribution in [3.05, 3.63) is 52.3 Å². The number of aryl methyl sites for hydroxylation is 2. The van der Waals surface area contributed by atoms with Gasteiger partial charge in [0.2, 0.25) is 5.91 Å². The van der Waals surface area contributed by atoms with Gasteiger partial charge in [0, 0.05) is 42.5 Å². The molecule has 1 aromatic heterocycles. The van der Waals surface area contributed by atoms with Crippen LogP contribution in [-0.2, 0) is 16.1 Å². The lowest BCUT2D eigenvalue weighted by Crippen LogP contribution is -2.40. The van der Waals surface area contributed by atoms with E-state index in [1.807, 2.05) is 6.92 Å². The highest BCUT2D eigenvalue weighted by Gasteiger charge is 2.18. The zero-order valence-electron chi connectivity index (χ0n) is 17.4. The lowest BCUT2D eigenvalue weighted by atomic mass is 10.1. The molecule has 1 aliphatic heterocycles. The monoisotopic (exact) mass is 430 g/mol. The molecule has 1 N–H and O–H groups in total. The number of amides is 2. The van der Waals surface area contributed by atoms with Crippen molar-refractivity contribution < 1.29 is 14.3 Å². The highest BCUT2D eigenvalue weighted by molar-refractivity contribution is 6.31. The van der Waals surface area contributed by atoms with Crippen LogP contribution in [0.15, 0.2) is 30.3 Å². The van der Waals surface area contributed by atoms with Crippen LogP contribution in [0.1, 0.15) is 41.4 Å². The molecule has 2 amide bonds. The third-order valence-electron chi connectivity index (χ3n) is 4.91. The van der Waals surface area contributed by atoms with Crippen molar-refractivity contribution in [2.45, 2.75) is 33.2 Å². The van der Waals surface area contributed by atoms with Gasteiger partial charge >= 0.3 is 0 Å². The maximum absolute atomic E-state index is 12.6. The Bertz CT molecular complexity index is 932.